The fourth-order valence-electron chi connectivity index (χ4n) is 4.33. The third-order valence-corrected chi connectivity index (χ3v) is 5.61. The van der Waals surface area contributed by atoms with Crippen molar-refractivity contribution in [2.75, 3.05) is 26.3 Å². The zero-order valence-electron chi connectivity index (χ0n) is 17.2. The Morgan fingerprint density at radius 3 is 2.67 bits per heavy atom. The van der Waals surface area contributed by atoms with Crippen molar-refractivity contribution >= 4 is 0 Å². The van der Waals surface area contributed by atoms with E-state index in [1.54, 1.807) is 0 Å². The molecule has 2 unspecified atom stereocenters. The molecule has 3 rings (SSSR count). The number of ether oxygens (including phenoxy) is 5. The largest absolute Gasteiger partial charge is 0.387 e. The zero-order chi connectivity index (χ0) is 19.5. The van der Waals surface area contributed by atoms with Gasteiger partial charge in [-0.25, -0.2) is 0 Å². The van der Waals surface area contributed by atoms with Crippen LogP contribution in [0.4, 0.5) is 0 Å². The molecule has 0 bridgehead atoms. The molecule has 0 aromatic carbocycles. The quantitative estimate of drug-likeness (QED) is 0.586. The fourth-order valence-corrected chi connectivity index (χ4v) is 4.33. The first-order valence-corrected chi connectivity index (χ1v) is 10.6. The normalized spacial score (nSPS) is 39.4. The average Bonchev–Trinajstić information content (AvgIpc) is 3.03. The maximum absolute atomic E-state index is 10.6. The van der Waals surface area contributed by atoms with Crippen LogP contribution < -0.4 is 5.32 Å². The number of aliphatic hydroxyl groups is 1. The van der Waals surface area contributed by atoms with Crippen LogP contribution >= 0.6 is 0 Å². The van der Waals surface area contributed by atoms with Gasteiger partial charge in [-0.2, -0.15) is 0 Å². The van der Waals surface area contributed by atoms with Crippen LogP contribution in [0.15, 0.2) is 0 Å². The second-order valence-electron chi connectivity index (χ2n) is 8.39. The zero-order valence-corrected chi connectivity index (χ0v) is 17.2. The van der Waals surface area contributed by atoms with Crippen LogP contribution in [-0.2, 0) is 23.7 Å². The fraction of sp³-hybridized carbons (Fsp3) is 1.00. The van der Waals surface area contributed by atoms with Gasteiger partial charge in [-0.05, 0) is 27.2 Å². The molecule has 0 aliphatic carbocycles. The van der Waals surface area contributed by atoms with Gasteiger partial charge in [0.2, 0.25) is 5.79 Å². The van der Waals surface area contributed by atoms with Crippen molar-refractivity contribution in [2.24, 2.45) is 0 Å². The van der Waals surface area contributed by atoms with Crippen molar-refractivity contribution in [3.05, 3.63) is 0 Å². The highest BCUT2D eigenvalue weighted by Crippen LogP contribution is 2.49. The first kappa shape index (κ1) is 21.4. The minimum absolute atomic E-state index is 0.216. The summed E-state index contributed by atoms with van der Waals surface area (Å²) in [5.41, 5.74) is 0. The van der Waals surface area contributed by atoms with Gasteiger partial charge in [-0.3, -0.25) is 0 Å². The van der Waals surface area contributed by atoms with E-state index in [2.05, 4.69) is 12.2 Å². The molecule has 0 spiro atoms. The summed E-state index contributed by atoms with van der Waals surface area (Å²) in [5.74, 6) is -2.01. The lowest BCUT2D eigenvalue weighted by atomic mass is 9.96. The molecular weight excluding hydrogens is 350 g/mol. The molecule has 2 N–H and O–H groups in total. The first-order valence-electron chi connectivity index (χ1n) is 10.6. The minimum Gasteiger partial charge on any atom is -0.387 e. The Hall–Kier alpha value is -0.280. The van der Waals surface area contributed by atoms with Crippen LogP contribution in [0.1, 0.15) is 59.8 Å². The topological polar surface area (TPSA) is 78.4 Å². The van der Waals surface area contributed by atoms with E-state index in [4.69, 9.17) is 23.7 Å². The van der Waals surface area contributed by atoms with Crippen LogP contribution in [0.2, 0.25) is 0 Å². The number of rotatable bonds is 9. The molecule has 3 saturated heterocycles. The lowest BCUT2D eigenvalue weighted by Crippen LogP contribution is -2.61. The number of fused-ring (bicyclic) bond motifs is 1. The van der Waals surface area contributed by atoms with E-state index in [1.165, 1.54) is 19.3 Å². The Bertz CT molecular complexity index is 469. The molecule has 3 heterocycles. The van der Waals surface area contributed by atoms with Crippen LogP contribution in [0.3, 0.4) is 0 Å². The maximum Gasteiger partial charge on any atom is 0.230 e. The van der Waals surface area contributed by atoms with Gasteiger partial charge < -0.3 is 34.1 Å². The highest BCUT2D eigenvalue weighted by atomic mass is 16.9. The van der Waals surface area contributed by atoms with Crippen molar-refractivity contribution in [1.82, 2.24) is 5.32 Å². The van der Waals surface area contributed by atoms with Gasteiger partial charge in [0, 0.05) is 19.7 Å². The number of hydrogen-bond donors (Lipinski definition) is 2. The van der Waals surface area contributed by atoms with Crippen LogP contribution in [0.25, 0.3) is 0 Å². The lowest BCUT2D eigenvalue weighted by Gasteiger charge is -2.41. The summed E-state index contributed by atoms with van der Waals surface area (Å²) in [4.78, 5) is 0. The van der Waals surface area contributed by atoms with Crippen molar-refractivity contribution in [2.45, 2.75) is 102 Å². The van der Waals surface area contributed by atoms with Gasteiger partial charge >= 0.3 is 0 Å². The standard InChI is InChI=1S/C20H37NO6/c1-5-6-7-8-9-11-24-17(15-13-21-10-12-23-15)20-18(16(22)14(2)25-20)26-19(3,4)27-20/h14-18,21-22H,5-13H2,1-4H3/t14-,15?,16+,17?,18-,20-/m0/s1. The highest BCUT2D eigenvalue weighted by molar-refractivity contribution is 5.08. The van der Waals surface area contributed by atoms with Crippen molar-refractivity contribution < 1.29 is 28.8 Å². The molecule has 0 aromatic rings. The van der Waals surface area contributed by atoms with Crippen LogP contribution in [-0.4, -0.2) is 73.5 Å². The van der Waals surface area contributed by atoms with E-state index in [9.17, 15) is 5.11 Å². The Labute approximate surface area is 163 Å². The maximum atomic E-state index is 10.6. The summed E-state index contributed by atoms with van der Waals surface area (Å²) in [5, 5.41) is 14.0. The monoisotopic (exact) mass is 387 g/mol. The summed E-state index contributed by atoms with van der Waals surface area (Å²) in [6.45, 7) is 10.4. The van der Waals surface area contributed by atoms with Gasteiger partial charge in [0.15, 0.2) is 5.79 Å². The highest BCUT2D eigenvalue weighted by Gasteiger charge is 2.69. The summed E-state index contributed by atoms with van der Waals surface area (Å²) in [7, 11) is 0. The van der Waals surface area contributed by atoms with E-state index < -0.39 is 36.0 Å². The van der Waals surface area contributed by atoms with E-state index >= 15 is 0 Å². The number of morpholine rings is 1. The number of hydrogen-bond acceptors (Lipinski definition) is 7. The third-order valence-electron chi connectivity index (χ3n) is 5.61. The molecule has 27 heavy (non-hydrogen) atoms. The second kappa shape index (κ2) is 9.03. The summed E-state index contributed by atoms with van der Waals surface area (Å²) in [6.07, 6.45) is 3.38. The molecule has 7 heteroatoms. The Balaban J connectivity index is 1.74. The Morgan fingerprint density at radius 2 is 1.96 bits per heavy atom. The summed E-state index contributed by atoms with van der Waals surface area (Å²) >= 11 is 0. The van der Waals surface area contributed by atoms with E-state index in [-0.39, 0.29) is 6.10 Å². The smallest absolute Gasteiger partial charge is 0.230 e. The molecule has 3 aliphatic rings. The van der Waals surface area contributed by atoms with Gasteiger partial charge in [-0.1, -0.05) is 32.6 Å². The van der Waals surface area contributed by atoms with Gasteiger partial charge in [0.1, 0.15) is 24.4 Å². The van der Waals surface area contributed by atoms with E-state index in [1.807, 2.05) is 20.8 Å². The van der Waals surface area contributed by atoms with Crippen molar-refractivity contribution in [3.8, 4) is 0 Å². The Morgan fingerprint density at radius 1 is 1.19 bits per heavy atom. The van der Waals surface area contributed by atoms with Gasteiger partial charge in [-0.15, -0.1) is 0 Å². The minimum atomic E-state index is -1.16. The molecule has 0 amide bonds. The van der Waals surface area contributed by atoms with Crippen LogP contribution in [0.5, 0.6) is 0 Å². The predicted octanol–water partition coefficient (Wildman–Crippen LogP) is 1.96. The summed E-state index contributed by atoms with van der Waals surface area (Å²) < 4.78 is 30.9. The molecule has 0 saturated carbocycles. The number of unbranched alkanes of at least 4 members (excludes halogenated alkanes) is 4. The Kier molecular flexibility index (Phi) is 7.17. The molecule has 6 atom stereocenters. The first-order chi connectivity index (χ1) is 12.9. The molecule has 0 radical (unpaired) electrons. The average molecular weight is 388 g/mol. The molecule has 158 valence electrons. The predicted molar refractivity (Wildman–Crippen MR) is 100 cm³/mol. The molecule has 3 fully saturated rings. The van der Waals surface area contributed by atoms with Gasteiger partial charge in [0.25, 0.3) is 0 Å². The molecule has 3 aliphatic heterocycles. The molecule has 0 aromatic heterocycles. The number of aliphatic hydroxyl groups excluding tert-OH is 1. The SMILES string of the molecule is CCCCCCCOC(C1CNCCO1)[C@@]12O[C@@H](C)[C@@H](O)[C@@H]1OC(C)(C)O2. The van der Waals surface area contributed by atoms with Crippen molar-refractivity contribution in [1.29, 1.82) is 0 Å². The van der Waals surface area contributed by atoms with E-state index in [0.29, 0.717) is 19.8 Å². The van der Waals surface area contributed by atoms with E-state index in [0.717, 1.165) is 19.4 Å². The lowest BCUT2D eigenvalue weighted by molar-refractivity contribution is -0.315. The van der Waals surface area contributed by atoms with Crippen molar-refractivity contribution in [3.63, 3.8) is 0 Å². The van der Waals surface area contributed by atoms with Gasteiger partial charge in [0.05, 0.1) is 12.7 Å². The second-order valence-corrected chi connectivity index (χ2v) is 8.39. The molecular formula is C20H37NO6. The number of nitrogens with one attached hydrogen (secondary N) is 1. The van der Waals surface area contributed by atoms with Crippen LogP contribution in [0, 0.1) is 0 Å². The summed E-state index contributed by atoms with van der Waals surface area (Å²) in [6, 6.07) is 0. The molecule has 7 nitrogen and oxygen atoms in total. The third kappa shape index (κ3) is 4.66.